The van der Waals surface area contributed by atoms with Crippen LogP contribution in [0, 0.1) is 0 Å². The molecule has 0 amide bonds. The van der Waals surface area contributed by atoms with Gasteiger partial charge in [0, 0.05) is 43.5 Å². The van der Waals surface area contributed by atoms with E-state index in [0.717, 1.165) is 61.4 Å². The van der Waals surface area contributed by atoms with Crippen LogP contribution in [-0.2, 0) is 0 Å². The Morgan fingerprint density at radius 3 is 1.31 bits per heavy atom. The summed E-state index contributed by atoms with van der Waals surface area (Å²) in [5.74, 6) is 0.711. The molecule has 3 heterocycles. The van der Waals surface area contributed by atoms with E-state index in [9.17, 15) is 0 Å². The summed E-state index contributed by atoms with van der Waals surface area (Å²) in [6.45, 7) is 0. The highest BCUT2D eigenvalue weighted by molar-refractivity contribution is 7.23. The monoisotopic (exact) mass is 869 g/mol. The molecule has 0 spiro atoms. The number of fused-ring (bicyclic) bond motifs is 9. The summed E-state index contributed by atoms with van der Waals surface area (Å²) < 4.78 is 1.19. The molecule has 0 saturated heterocycles. The summed E-state index contributed by atoms with van der Waals surface area (Å²) in [5.41, 5.74) is 13.9. The molecule has 10 aromatic carbocycles. The molecule has 3 aromatic heterocycles. The first-order valence-electron chi connectivity index (χ1n) is 22.7. The summed E-state index contributed by atoms with van der Waals surface area (Å²) in [6, 6.07) is 84.5. The van der Waals surface area contributed by atoms with Crippen molar-refractivity contribution in [3.63, 3.8) is 0 Å². The zero-order valence-electron chi connectivity index (χ0n) is 36.3. The topological polar surface area (TPSA) is 38.7 Å². The molecule has 4 heteroatoms. The second-order valence-electron chi connectivity index (χ2n) is 17.1. The zero-order chi connectivity index (χ0) is 44.3. The van der Waals surface area contributed by atoms with Crippen molar-refractivity contribution >= 4 is 64.6 Å². The average Bonchev–Trinajstić information content (AvgIpc) is 3.82. The van der Waals surface area contributed by atoms with Crippen LogP contribution in [0.15, 0.2) is 237 Å². The van der Waals surface area contributed by atoms with E-state index < -0.39 is 0 Å². The summed E-state index contributed by atoms with van der Waals surface area (Å²) in [4.78, 5) is 16.7. The normalized spacial score (nSPS) is 11.6. The number of hydrogen-bond donors (Lipinski definition) is 0. The number of thiophene rings is 1. The number of hydrogen-bond acceptors (Lipinski definition) is 4. The summed E-state index contributed by atoms with van der Waals surface area (Å²) in [5, 5.41) is 10.0. The molecular formula is C63H39N3S. The Bertz CT molecular complexity index is 3900. The molecule has 13 aromatic rings. The highest BCUT2D eigenvalue weighted by Crippen LogP contribution is 2.51. The average molecular weight is 870 g/mol. The van der Waals surface area contributed by atoms with E-state index in [1.807, 2.05) is 35.6 Å². The van der Waals surface area contributed by atoms with Crippen molar-refractivity contribution in [3.05, 3.63) is 237 Å². The fourth-order valence-corrected chi connectivity index (χ4v) is 11.2. The second-order valence-corrected chi connectivity index (χ2v) is 18.1. The third kappa shape index (κ3) is 6.77. The molecule has 3 nitrogen and oxygen atoms in total. The third-order valence-corrected chi connectivity index (χ3v) is 14.3. The molecule has 312 valence electrons. The van der Waals surface area contributed by atoms with Gasteiger partial charge >= 0.3 is 0 Å². The highest BCUT2D eigenvalue weighted by atomic mass is 32.1. The summed E-state index contributed by atoms with van der Waals surface area (Å²) >= 11 is 1.85. The van der Waals surface area contributed by atoms with Crippen LogP contribution < -0.4 is 0 Å². The smallest absolute Gasteiger partial charge is 0.160 e. The lowest BCUT2D eigenvalue weighted by atomic mass is 9.90. The minimum atomic E-state index is 0.711. The molecule has 0 aliphatic rings. The first kappa shape index (κ1) is 38.9. The first-order chi connectivity index (χ1) is 33.2. The van der Waals surface area contributed by atoms with Gasteiger partial charge < -0.3 is 0 Å². The lowest BCUT2D eigenvalue weighted by Crippen LogP contribution is -1.95. The largest absolute Gasteiger partial charge is 0.246 e. The maximum Gasteiger partial charge on any atom is 0.160 e. The molecule has 0 fully saturated rings. The molecule has 0 radical (unpaired) electrons. The number of pyridine rings is 1. The van der Waals surface area contributed by atoms with Crippen LogP contribution in [0.1, 0.15) is 0 Å². The van der Waals surface area contributed by atoms with E-state index >= 15 is 0 Å². The van der Waals surface area contributed by atoms with Gasteiger partial charge in [-0.25, -0.2) is 15.0 Å². The van der Waals surface area contributed by atoms with Crippen molar-refractivity contribution in [1.29, 1.82) is 0 Å². The van der Waals surface area contributed by atoms with Gasteiger partial charge in [0.1, 0.15) is 0 Å². The molecule has 0 aliphatic heterocycles. The van der Waals surface area contributed by atoms with Crippen LogP contribution in [0.5, 0.6) is 0 Å². The second kappa shape index (κ2) is 16.1. The molecule has 13 rings (SSSR count). The summed E-state index contributed by atoms with van der Waals surface area (Å²) in [6.07, 6.45) is 0. The van der Waals surface area contributed by atoms with E-state index in [0.29, 0.717) is 5.82 Å². The SMILES string of the molecule is c1ccc(-c2cc(-c3ccc(-c4ccc(-c5sc6c(-c7ccccc7)nc7ccccc7c6c5-c5ccc6c7ccccc7c7ccccc7c6c5)cc4)cc3)nc(-c3ccccc3)n2)cc1. The Hall–Kier alpha value is -8.57. The van der Waals surface area contributed by atoms with Crippen LogP contribution in [-0.4, -0.2) is 15.0 Å². The Balaban J connectivity index is 0.956. The van der Waals surface area contributed by atoms with Gasteiger partial charge in [-0.1, -0.05) is 218 Å². The van der Waals surface area contributed by atoms with Gasteiger partial charge in [-0.05, 0) is 72.8 Å². The van der Waals surface area contributed by atoms with Crippen molar-refractivity contribution in [2.75, 3.05) is 0 Å². The summed E-state index contributed by atoms with van der Waals surface area (Å²) in [7, 11) is 0. The van der Waals surface area contributed by atoms with Gasteiger partial charge in [0.25, 0.3) is 0 Å². The van der Waals surface area contributed by atoms with Gasteiger partial charge in [0.05, 0.1) is 27.3 Å². The Morgan fingerprint density at radius 1 is 0.284 bits per heavy atom. The first-order valence-corrected chi connectivity index (χ1v) is 23.5. The minimum Gasteiger partial charge on any atom is -0.246 e. The fraction of sp³-hybridized carbons (Fsp3) is 0. The molecule has 0 bridgehead atoms. The highest BCUT2D eigenvalue weighted by Gasteiger charge is 2.23. The Labute approximate surface area is 392 Å². The van der Waals surface area contributed by atoms with Gasteiger partial charge in [-0.15, -0.1) is 11.3 Å². The molecule has 0 saturated carbocycles. The van der Waals surface area contributed by atoms with E-state index in [1.54, 1.807) is 0 Å². The standard InChI is InChI=1S/C63H39N3S/c1-4-16-42(17-5-1)56-39-57(66-63(65-56)46-20-8-3-9-21-46)43-32-28-40(29-33-43)41-30-34-45(35-31-41)61-58(59-53-26-14-15-27-55(53)64-60(62(59)67-61)44-18-6-2-7-19-44)47-36-37-52-50-24-11-10-22-48(50)49-23-12-13-25-51(49)54(52)38-47/h1-39H. The van der Waals surface area contributed by atoms with Crippen molar-refractivity contribution < 1.29 is 0 Å². The van der Waals surface area contributed by atoms with Crippen molar-refractivity contribution in [2.24, 2.45) is 0 Å². The number of benzene rings is 10. The van der Waals surface area contributed by atoms with Gasteiger partial charge in [-0.2, -0.15) is 0 Å². The molecule has 67 heavy (non-hydrogen) atoms. The molecule has 0 aliphatic carbocycles. The van der Waals surface area contributed by atoms with Crippen molar-refractivity contribution in [1.82, 2.24) is 15.0 Å². The van der Waals surface area contributed by atoms with Crippen LogP contribution in [0.2, 0.25) is 0 Å². The molecule has 0 atom stereocenters. The molecule has 0 N–H and O–H groups in total. The maximum atomic E-state index is 5.37. The number of nitrogens with zero attached hydrogens (tertiary/aromatic N) is 3. The Morgan fingerprint density at radius 2 is 0.716 bits per heavy atom. The van der Waals surface area contributed by atoms with Crippen LogP contribution in [0.4, 0.5) is 0 Å². The third-order valence-electron chi connectivity index (χ3n) is 13.1. The zero-order valence-corrected chi connectivity index (χ0v) is 37.1. The van der Waals surface area contributed by atoms with E-state index in [4.69, 9.17) is 15.0 Å². The van der Waals surface area contributed by atoms with Gasteiger partial charge in [-0.3, -0.25) is 0 Å². The van der Waals surface area contributed by atoms with E-state index in [2.05, 4.69) is 212 Å². The number of rotatable bonds is 7. The predicted octanol–water partition coefficient (Wildman–Crippen LogP) is 17.4. The lowest BCUT2D eigenvalue weighted by molar-refractivity contribution is 1.18. The van der Waals surface area contributed by atoms with Crippen LogP contribution >= 0.6 is 11.3 Å². The van der Waals surface area contributed by atoms with Gasteiger partial charge in [0.2, 0.25) is 0 Å². The van der Waals surface area contributed by atoms with Crippen molar-refractivity contribution in [3.8, 4) is 77.9 Å². The quantitative estimate of drug-likeness (QED) is 0.150. The number of aromatic nitrogens is 3. The maximum absolute atomic E-state index is 5.37. The Kier molecular flexibility index (Phi) is 9.36. The van der Waals surface area contributed by atoms with Crippen LogP contribution in [0.25, 0.3) is 131 Å². The van der Waals surface area contributed by atoms with E-state index in [-0.39, 0.29) is 0 Å². The minimum absolute atomic E-state index is 0.711. The number of para-hydroxylation sites is 1. The predicted molar refractivity (Wildman–Crippen MR) is 283 cm³/mol. The fourth-order valence-electron chi connectivity index (χ4n) is 9.86. The molecular weight excluding hydrogens is 831 g/mol. The lowest BCUT2D eigenvalue weighted by Gasteiger charge is -2.14. The van der Waals surface area contributed by atoms with Gasteiger partial charge in [0.15, 0.2) is 5.82 Å². The van der Waals surface area contributed by atoms with Crippen LogP contribution in [0.3, 0.4) is 0 Å². The van der Waals surface area contributed by atoms with Crippen molar-refractivity contribution in [2.45, 2.75) is 0 Å². The van der Waals surface area contributed by atoms with E-state index in [1.165, 1.54) is 64.0 Å². The molecule has 0 unspecified atom stereocenters.